The average Bonchev–Trinajstić information content (AvgIpc) is 2.30. The average molecular weight is 1090 g/mol. The van der Waals surface area contributed by atoms with Gasteiger partial charge in [-0.2, -0.15) is 0 Å². The smallest absolute Gasteiger partial charge is 0.870 e. The molecule has 52 heavy (non-hydrogen) atoms. The molecule has 256 valence electrons. The third-order valence-electron chi connectivity index (χ3n) is 0. The van der Waals surface area contributed by atoms with Crippen molar-refractivity contribution in [3.63, 3.8) is 0 Å². The van der Waals surface area contributed by atoms with Gasteiger partial charge in [0.25, 0.3) is 0 Å². The first-order chi connectivity index (χ1) is 13.9. The summed E-state index contributed by atoms with van der Waals surface area (Å²) in [5.41, 5.74) is 0. The Labute approximate surface area is 541 Å². The molecule has 0 aromatic heterocycles. The van der Waals surface area contributed by atoms with Gasteiger partial charge < -0.3 is 156 Å². The maximum absolute atomic E-state index is 8.52. The standard InChI is InChI=1S/3Al.3Ca.3Mg.3Na.8O3Si.8H2O/c;;;;;;;;;;;;8*1-4(2)3;;;;;;;;/h;;;;;;;;;;;;;;;;;;;;8*1H2/q3*+3;6*+2;3*+1;8*-2;;;;;;;;/p-8. The zero-order valence-corrected chi connectivity index (χ0v) is 54.7. The molecule has 0 rings (SSSR count). The van der Waals surface area contributed by atoms with Crippen LogP contribution < -0.4 is 165 Å². The topological polar surface area (TPSA) is 746 Å². The van der Waals surface area contributed by atoms with E-state index in [-0.39, 0.29) is 367 Å². The fraction of sp³-hybridized carbons (Fsp3) is 0. The van der Waals surface area contributed by atoms with Crippen LogP contribution in [-0.2, 0) is 35.7 Å². The van der Waals surface area contributed by atoms with Crippen molar-refractivity contribution >= 4 is 308 Å². The maximum Gasteiger partial charge on any atom is 3.00 e. The van der Waals surface area contributed by atoms with Crippen LogP contribution in [0.3, 0.4) is 0 Å². The molecule has 8 N–H and O–H groups in total. The van der Waals surface area contributed by atoms with Crippen LogP contribution in [-0.4, -0.2) is 352 Å². The molecule has 0 amide bonds. The summed E-state index contributed by atoms with van der Waals surface area (Å²) in [5.74, 6) is 0. The second-order valence-electron chi connectivity index (χ2n) is 2.00. The van der Waals surface area contributed by atoms with E-state index in [0.717, 1.165) is 0 Å². The Balaban J connectivity index is -0.00000000462. The van der Waals surface area contributed by atoms with E-state index in [1.807, 2.05) is 0 Å². The Morgan fingerprint density at radius 3 is 0.212 bits per heavy atom. The molecule has 52 heteroatoms. The van der Waals surface area contributed by atoms with Gasteiger partial charge in [0.2, 0.25) is 0 Å². The minimum Gasteiger partial charge on any atom is -0.870 e. The van der Waals surface area contributed by atoms with Gasteiger partial charge in [-0.1, -0.05) is 0 Å². The van der Waals surface area contributed by atoms with Gasteiger partial charge in [0, 0.05) is 73.4 Å². The van der Waals surface area contributed by atoms with E-state index >= 15 is 0 Å². The van der Waals surface area contributed by atoms with Gasteiger partial charge in [0.05, 0.1) is 0 Å². The Kier molecular flexibility index (Phi) is 773. The maximum atomic E-state index is 8.52. The molecule has 0 aromatic rings. The molecule has 0 bridgehead atoms. The first kappa shape index (κ1) is 206. The van der Waals surface area contributed by atoms with Crippen LogP contribution in [0.25, 0.3) is 0 Å². The Morgan fingerprint density at radius 1 is 0.212 bits per heavy atom. The molecular weight excluding hydrogens is 1080 g/mol. The molecule has 0 aliphatic heterocycles. The Bertz CT molecular complexity index is 422. The summed E-state index contributed by atoms with van der Waals surface area (Å²) in [5, 5.41) is 0. The van der Waals surface area contributed by atoms with Gasteiger partial charge in [-0.25, -0.2) is 0 Å². The van der Waals surface area contributed by atoms with E-state index < -0.39 is 73.4 Å². The fourth-order valence-electron chi connectivity index (χ4n) is 0. The van der Waals surface area contributed by atoms with Crippen molar-refractivity contribution in [2.24, 2.45) is 0 Å². The van der Waals surface area contributed by atoms with Gasteiger partial charge in [-0.05, 0) is 0 Å². The SMILES string of the molecule is O=[Si]([O-])[O-].O=[Si]([O-])[O-].O=[Si]([O-])[O-].O=[Si]([O-])[O-].O=[Si]([O-])[O-].O=[Si]([O-])[O-].O=[Si]([O-])[O-].O=[Si]([O-])[O-].[Al+3].[Al+3].[Al+3].[Ca+2].[Ca+2].[Ca+2].[Mg+2].[Mg+2].[Mg+2].[Na+].[Na+].[Na+].[OH-].[OH-].[OH-].[OH-].[OH-].[OH-].[OH-].[OH-]. The molecule has 0 aromatic carbocycles. The predicted molar refractivity (Wildman–Crippen MR) is 119 cm³/mol. The van der Waals surface area contributed by atoms with E-state index in [1.165, 1.54) is 0 Å². The quantitative estimate of drug-likeness (QED) is 0.203. The fourth-order valence-corrected chi connectivity index (χ4v) is 0. The minimum atomic E-state index is -3.63. The molecule has 0 spiro atoms. The first-order valence-corrected chi connectivity index (χ1v) is 14.7. The summed E-state index contributed by atoms with van der Waals surface area (Å²) >= 11 is 0. The second kappa shape index (κ2) is 195. The van der Waals surface area contributed by atoms with E-state index in [1.54, 1.807) is 0 Å². The molecule has 0 aliphatic rings. The van der Waals surface area contributed by atoms with Gasteiger partial charge in [-0.3, -0.25) is 0 Å². The molecule has 32 nitrogen and oxygen atoms in total. The molecular formula is H8Al3Ca3Mg3Na3O32Si8. The molecule has 0 fully saturated rings. The molecule has 0 saturated heterocycles. The first-order valence-electron chi connectivity index (χ1n) is 4.90. The van der Waals surface area contributed by atoms with Crippen molar-refractivity contribution in [1.82, 2.24) is 0 Å². The van der Waals surface area contributed by atoms with Crippen molar-refractivity contribution in [1.29, 1.82) is 0 Å². The number of hydrogen-bond donors (Lipinski definition) is 0. The van der Waals surface area contributed by atoms with Crippen LogP contribution in [0.4, 0.5) is 0 Å². The van der Waals surface area contributed by atoms with Crippen molar-refractivity contribution < 1.29 is 245 Å². The van der Waals surface area contributed by atoms with Gasteiger partial charge in [0.1, 0.15) is 0 Å². The third kappa shape index (κ3) is 3420. The molecule has 0 atom stereocenters. The van der Waals surface area contributed by atoms with E-state index in [0.29, 0.717) is 0 Å². The normalized spacial score (nSPS) is 3.69. The van der Waals surface area contributed by atoms with Crippen molar-refractivity contribution in [2.75, 3.05) is 0 Å². The summed E-state index contributed by atoms with van der Waals surface area (Å²) in [4.78, 5) is 136. The van der Waals surface area contributed by atoms with Crippen molar-refractivity contribution in [3.05, 3.63) is 0 Å². The van der Waals surface area contributed by atoms with Gasteiger partial charge in [0.15, 0.2) is 0 Å². The monoisotopic (exact) mass is 1090 g/mol. The number of hydrogen-bond acceptors (Lipinski definition) is 32. The van der Waals surface area contributed by atoms with Crippen LogP contribution in [0.2, 0.25) is 0 Å². The number of rotatable bonds is 0. The third-order valence-corrected chi connectivity index (χ3v) is 0. The Morgan fingerprint density at radius 2 is 0.212 bits per heavy atom. The van der Waals surface area contributed by atoms with Crippen molar-refractivity contribution in [2.45, 2.75) is 0 Å². The summed E-state index contributed by atoms with van der Waals surface area (Å²) in [6.07, 6.45) is 0. The minimum absolute atomic E-state index is 0. The molecule has 0 saturated carbocycles. The summed E-state index contributed by atoms with van der Waals surface area (Å²) in [7, 11) is -29.0. The van der Waals surface area contributed by atoms with Gasteiger partial charge in [-0.15, -0.1) is 0 Å². The molecule has 0 heterocycles. The zero-order valence-electron chi connectivity index (χ0n) is 26.4. The summed E-state index contributed by atoms with van der Waals surface area (Å²) in [6.45, 7) is 0. The molecule has 0 aliphatic carbocycles. The van der Waals surface area contributed by atoms with Crippen LogP contribution in [0.5, 0.6) is 0 Å². The van der Waals surface area contributed by atoms with Crippen LogP contribution in [0.15, 0.2) is 0 Å². The predicted octanol–water partition coefficient (Wildman–Crippen LogP) is -36.9. The Hall–Kier alpha value is 7.29. The van der Waals surface area contributed by atoms with E-state index in [9.17, 15) is 0 Å². The van der Waals surface area contributed by atoms with Crippen LogP contribution in [0.1, 0.15) is 0 Å². The zero-order chi connectivity index (χ0) is 28.6. The van der Waals surface area contributed by atoms with Gasteiger partial charge >= 0.3 is 323 Å². The van der Waals surface area contributed by atoms with Crippen LogP contribution in [0, 0.1) is 0 Å². The second-order valence-corrected chi connectivity index (χ2v) is 6.00. The molecule has 0 unspecified atom stereocenters. The van der Waals surface area contributed by atoms with E-state index in [4.69, 9.17) is 112 Å². The molecule has 0 radical (unpaired) electrons. The van der Waals surface area contributed by atoms with E-state index in [2.05, 4.69) is 0 Å². The van der Waals surface area contributed by atoms with Crippen LogP contribution >= 0.6 is 0 Å². The summed E-state index contributed by atoms with van der Waals surface area (Å²) < 4.78 is 68.1. The summed E-state index contributed by atoms with van der Waals surface area (Å²) in [6, 6.07) is 0. The largest absolute Gasteiger partial charge is 3.00 e. The van der Waals surface area contributed by atoms with Crippen molar-refractivity contribution in [3.8, 4) is 0 Å².